The Kier molecular flexibility index (Phi) is 6.89. The van der Waals surface area contributed by atoms with Crippen molar-refractivity contribution in [3.8, 4) is 6.07 Å². The van der Waals surface area contributed by atoms with Gasteiger partial charge < -0.3 is 19.9 Å². The van der Waals surface area contributed by atoms with E-state index in [9.17, 15) is 9.59 Å². The maximum atomic E-state index is 13.0. The summed E-state index contributed by atoms with van der Waals surface area (Å²) >= 11 is 0. The molecule has 2 fully saturated rings. The first-order valence-electron chi connectivity index (χ1n) is 11.3. The Hall–Kier alpha value is -3.45. The summed E-state index contributed by atoms with van der Waals surface area (Å²) in [6.07, 6.45) is 5.20. The summed E-state index contributed by atoms with van der Waals surface area (Å²) in [6, 6.07) is 5.88. The Morgan fingerprint density at radius 1 is 1.24 bits per heavy atom. The van der Waals surface area contributed by atoms with Gasteiger partial charge in [-0.1, -0.05) is 0 Å². The smallest absolute Gasteiger partial charge is 0.269 e. The van der Waals surface area contributed by atoms with Crippen molar-refractivity contribution < 1.29 is 9.53 Å². The number of carbonyl (C=O) groups is 1. The summed E-state index contributed by atoms with van der Waals surface area (Å²) < 4.78 is 5.95. The van der Waals surface area contributed by atoms with Crippen LogP contribution in [0, 0.1) is 18.3 Å². The number of nitrogens with zero attached hydrogens (tertiary/aromatic N) is 5. The Bertz CT molecular complexity index is 1070. The van der Waals surface area contributed by atoms with Gasteiger partial charge in [-0.05, 0) is 38.8 Å². The lowest BCUT2D eigenvalue weighted by atomic mass is 10.0. The normalized spacial score (nSPS) is 20.0. The van der Waals surface area contributed by atoms with Gasteiger partial charge in [0.1, 0.15) is 18.0 Å². The highest BCUT2D eigenvalue weighted by Gasteiger charge is 2.38. The first-order chi connectivity index (χ1) is 16.0. The summed E-state index contributed by atoms with van der Waals surface area (Å²) in [4.78, 5) is 33.2. The fraction of sp³-hybridized carbons (Fsp3) is 0.522. The van der Waals surface area contributed by atoms with Gasteiger partial charge in [-0.25, -0.2) is 10.1 Å². The molecule has 0 saturated carbocycles. The molecule has 0 radical (unpaired) electrons. The first-order valence-corrected chi connectivity index (χ1v) is 11.3. The number of hydrogen-bond acceptors (Lipinski definition) is 8. The van der Waals surface area contributed by atoms with Crippen molar-refractivity contribution in [1.29, 1.82) is 5.26 Å². The van der Waals surface area contributed by atoms with Crippen LogP contribution in [0.4, 0.5) is 11.5 Å². The van der Waals surface area contributed by atoms with Gasteiger partial charge in [0, 0.05) is 49.9 Å². The van der Waals surface area contributed by atoms with Crippen LogP contribution >= 0.6 is 0 Å². The van der Waals surface area contributed by atoms with Crippen LogP contribution in [0.3, 0.4) is 0 Å². The minimum atomic E-state index is -0.425. The van der Waals surface area contributed by atoms with Crippen LogP contribution in [0.5, 0.6) is 0 Å². The minimum Gasteiger partial charge on any atom is -0.379 e. The minimum absolute atomic E-state index is 0.0613. The Labute approximate surface area is 192 Å². The molecule has 0 spiro atoms. The number of aromatic nitrogens is 3. The number of likely N-dealkylation sites (tertiary alicyclic amines) is 1. The molecular weight excluding hydrogens is 422 g/mol. The number of carbonyl (C=O) groups excluding carboxylic acids is 1. The molecule has 4 heterocycles. The zero-order valence-corrected chi connectivity index (χ0v) is 19.0. The second-order valence-corrected chi connectivity index (χ2v) is 8.66. The van der Waals surface area contributed by atoms with Crippen LogP contribution < -0.4 is 15.8 Å². The van der Waals surface area contributed by atoms with E-state index < -0.39 is 6.10 Å². The van der Waals surface area contributed by atoms with Gasteiger partial charge >= 0.3 is 0 Å². The van der Waals surface area contributed by atoms with Crippen molar-refractivity contribution in [2.45, 2.75) is 51.3 Å². The molecule has 10 heteroatoms. The third-order valence-electron chi connectivity index (χ3n) is 6.35. The lowest BCUT2D eigenvalue weighted by molar-refractivity contribution is -0.139. The number of H-pyrrole nitrogens is 1. The molecule has 2 aliphatic rings. The van der Waals surface area contributed by atoms with Crippen molar-refractivity contribution in [2.75, 3.05) is 36.5 Å². The van der Waals surface area contributed by atoms with Gasteiger partial charge in [-0.2, -0.15) is 10.4 Å². The Morgan fingerprint density at radius 3 is 2.73 bits per heavy atom. The number of hydrogen-bond donors (Lipinski definition) is 2. The van der Waals surface area contributed by atoms with Crippen LogP contribution in [0.15, 0.2) is 29.3 Å². The van der Waals surface area contributed by atoms with E-state index in [4.69, 9.17) is 10.00 Å². The van der Waals surface area contributed by atoms with Crippen LogP contribution in [0.25, 0.3) is 0 Å². The van der Waals surface area contributed by atoms with Gasteiger partial charge in [0.05, 0.1) is 24.1 Å². The maximum absolute atomic E-state index is 13.0. The molecule has 0 unspecified atom stereocenters. The van der Waals surface area contributed by atoms with Crippen molar-refractivity contribution in [3.05, 3.63) is 46.0 Å². The molecule has 2 N–H and O–H groups in total. The van der Waals surface area contributed by atoms with Gasteiger partial charge in [0.15, 0.2) is 0 Å². The van der Waals surface area contributed by atoms with Gasteiger partial charge in [0.25, 0.3) is 11.5 Å². The zero-order valence-electron chi connectivity index (χ0n) is 19.0. The van der Waals surface area contributed by atoms with Crippen LogP contribution in [-0.2, 0) is 9.53 Å². The van der Waals surface area contributed by atoms with Crippen molar-refractivity contribution >= 4 is 17.4 Å². The molecular formula is C23H29N7O3. The lowest BCUT2D eigenvalue weighted by Gasteiger charge is -2.37. The lowest BCUT2D eigenvalue weighted by Crippen LogP contribution is -2.47. The fourth-order valence-corrected chi connectivity index (χ4v) is 4.41. The summed E-state index contributed by atoms with van der Waals surface area (Å²) in [6.45, 7) is 6.40. The number of amides is 1. The predicted octanol–water partition coefficient (Wildman–Crippen LogP) is 1.43. The van der Waals surface area contributed by atoms with Crippen molar-refractivity contribution in [1.82, 2.24) is 20.1 Å². The average Bonchev–Trinajstić information content (AvgIpc) is 3.21. The molecule has 0 aliphatic carbocycles. The molecule has 2 saturated heterocycles. The van der Waals surface area contributed by atoms with E-state index in [1.807, 2.05) is 17.9 Å². The number of nitrogens with one attached hydrogen (secondary N) is 2. The second-order valence-electron chi connectivity index (χ2n) is 8.66. The number of aromatic amines is 1. The van der Waals surface area contributed by atoms with E-state index in [0.717, 1.165) is 31.7 Å². The van der Waals surface area contributed by atoms with Crippen molar-refractivity contribution in [3.63, 3.8) is 0 Å². The average molecular weight is 452 g/mol. The SMILES string of the molecule is Cc1c(N[C@@H](C)CO[C@H]2CCN(C3CCN(c4ccc(C#N)cn4)CC3)C2=O)cn[nH]c1=O. The van der Waals surface area contributed by atoms with E-state index in [-0.39, 0.29) is 23.6 Å². The van der Waals surface area contributed by atoms with Gasteiger partial charge in [0.2, 0.25) is 0 Å². The Balaban J connectivity index is 1.25. The monoisotopic (exact) mass is 451 g/mol. The fourth-order valence-electron chi connectivity index (χ4n) is 4.41. The molecule has 10 nitrogen and oxygen atoms in total. The van der Waals surface area contributed by atoms with E-state index in [2.05, 4.69) is 31.5 Å². The molecule has 2 aromatic heterocycles. The maximum Gasteiger partial charge on any atom is 0.269 e. The number of piperidine rings is 1. The van der Waals surface area contributed by atoms with Crippen molar-refractivity contribution in [2.24, 2.45) is 0 Å². The second kappa shape index (κ2) is 10.0. The van der Waals surface area contributed by atoms with E-state index in [1.54, 1.807) is 25.4 Å². The molecule has 0 bridgehead atoms. The highest BCUT2D eigenvalue weighted by Crippen LogP contribution is 2.26. The summed E-state index contributed by atoms with van der Waals surface area (Å²) in [5.41, 5.74) is 1.56. The quantitative estimate of drug-likeness (QED) is 0.647. The highest BCUT2D eigenvalue weighted by molar-refractivity contribution is 5.83. The number of nitriles is 1. The largest absolute Gasteiger partial charge is 0.379 e. The molecule has 2 atom stereocenters. The van der Waals surface area contributed by atoms with Crippen LogP contribution in [0.2, 0.25) is 0 Å². The Morgan fingerprint density at radius 2 is 2.03 bits per heavy atom. The van der Waals surface area contributed by atoms with Gasteiger partial charge in [-0.3, -0.25) is 9.59 Å². The molecule has 2 aliphatic heterocycles. The van der Waals surface area contributed by atoms with E-state index >= 15 is 0 Å². The standard InChI is InChI=1S/C23H29N7O3/c1-15(27-19-13-26-28-22(31)16(19)2)14-33-20-7-10-30(23(20)32)18-5-8-29(9-6-18)21-4-3-17(11-24)12-25-21/h3-4,12-13,15,18,20H,5-10,14H2,1-2H3,(H2,27,28,31)/t15-,20-/m0/s1. The summed E-state index contributed by atoms with van der Waals surface area (Å²) in [5.74, 6) is 0.930. The topological polar surface area (TPSA) is 127 Å². The zero-order chi connectivity index (χ0) is 23.4. The van der Waals surface area contributed by atoms with E-state index in [0.29, 0.717) is 36.4 Å². The molecule has 174 valence electrons. The van der Waals surface area contributed by atoms with Crippen LogP contribution in [-0.4, -0.2) is 70.4 Å². The number of ether oxygens (including phenoxy) is 1. The van der Waals surface area contributed by atoms with E-state index in [1.165, 1.54) is 0 Å². The van der Waals surface area contributed by atoms with Crippen LogP contribution in [0.1, 0.15) is 37.3 Å². The third-order valence-corrected chi connectivity index (χ3v) is 6.35. The summed E-state index contributed by atoms with van der Waals surface area (Å²) in [7, 11) is 0. The van der Waals surface area contributed by atoms with Gasteiger partial charge in [-0.15, -0.1) is 0 Å². The third kappa shape index (κ3) is 5.14. The molecule has 1 amide bonds. The molecule has 33 heavy (non-hydrogen) atoms. The molecule has 2 aromatic rings. The number of pyridine rings is 1. The molecule has 0 aromatic carbocycles. The molecule has 4 rings (SSSR count). The highest BCUT2D eigenvalue weighted by atomic mass is 16.5. The number of rotatable bonds is 7. The summed E-state index contributed by atoms with van der Waals surface area (Å²) in [5, 5.41) is 18.4. The predicted molar refractivity (Wildman–Crippen MR) is 123 cm³/mol. The first kappa shape index (κ1) is 22.7. The number of anilines is 2.